The first kappa shape index (κ1) is 11.2. The molecule has 3 atom stereocenters. The van der Waals surface area contributed by atoms with Crippen LogP contribution < -0.4 is 5.73 Å². The van der Waals surface area contributed by atoms with E-state index in [9.17, 15) is 0 Å². The Morgan fingerprint density at radius 3 is 2.65 bits per heavy atom. The predicted octanol–water partition coefficient (Wildman–Crippen LogP) is 2.34. The maximum Gasteiger partial charge on any atom is 0.0510 e. The minimum absolute atomic E-state index is 0.217. The number of likely N-dealkylation sites (tertiary alicyclic amines) is 1. The second-order valence-corrected chi connectivity index (χ2v) is 6.05. The van der Waals surface area contributed by atoms with Gasteiger partial charge in [-0.25, -0.2) is 0 Å². The van der Waals surface area contributed by atoms with Crippen LogP contribution in [0.1, 0.15) is 31.7 Å². The van der Waals surface area contributed by atoms with Crippen molar-refractivity contribution in [1.82, 2.24) is 4.90 Å². The first-order valence-corrected chi connectivity index (χ1v) is 6.73. The molecular weight excluding hydrogens is 208 g/mol. The summed E-state index contributed by atoms with van der Waals surface area (Å²) >= 11 is 0. The first-order valence-electron chi connectivity index (χ1n) is 6.73. The molecule has 0 spiro atoms. The first-order chi connectivity index (χ1) is 8.15. The lowest BCUT2D eigenvalue weighted by Gasteiger charge is -2.35. The fraction of sp³-hybridized carbons (Fsp3) is 0.600. The molecule has 1 saturated carbocycles. The topological polar surface area (TPSA) is 29.3 Å². The summed E-state index contributed by atoms with van der Waals surface area (Å²) in [7, 11) is 0. The molecule has 1 aromatic rings. The Morgan fingerprint density at radius 2 is 2.06 bits per heavy atom. The van der Waals surface area contributed by atoms with Crippen LogP contribution in [-0.4, -0.2) is 24.0 Å². The van der Waals surface area contributed by atoms with Gasteiger partial charge in [0, 0.05) is 19.1 Å². The molecule has 2 N–H and O–H groups in total. The van der Waals surface area contributed by atoms with Gasteiger partial charge in [-0.05, 0) is 37.7 Å². The zero-order chi connectivity index (χ0) is 11.9. The summed E-state index contributed by atoms with van der Waals surface area (Å²) < 4.78 is 0. The smallest absolute Gasteiger partial charge is 0.0510 e. The lowest BCUT2D eigenvalue weighted by Crippen LogP contribution is -2.47. The van der Waals surface area contributed by atoms with Gasteiger partial charge in [0.15, 0.2) is 0 Å². The van der Waals surface area contributed by atoms with Gasteiger partial charge in [0.25, 0.3) is 0 Å². The summed E-state index contributed by atoms with van der Waals surface area (Å²) in [6.07, 6.45) is 4.23. The Labute approximate surface area is 104 Å². The quantitative estimate of drug-likeness (QED) is 0.863. The van der Waals surface area contributed by atoms with Gasteiger partial charge in [0.2, 0.25) is 0 Å². The van der Waals surface area contributed by atoms with Crippen molar-refractivity contribution < 1.29 is 0 Å². The summed E-state index contributed by atoms with van der Waals surface area (Å²) in [5.41, 5.74) is 7.54. The molecule has 0 amide bonds. The summed E-state index contributed by atoms with van der Waals surface area (Å²) in [4.78, 5) is 2.61. The molecule has 1 aliphatic heterocycles. The van der Waals surface area contributed by atoms with E-state index < -0.39 is 0 Å². The van der Waals surface area contributed by atoms with Gasteiger partial charge in [-0.1, -0.05) is 30.3 Å². The van der Waals surface area contributed by atoms with E-state index in [0.717, 1.165) is 18.5 Å². The van der Waals surface area contributed by atoms with E-state index >= 15 is 0 Å². The van der Waals surface area contributed by atoms with Crippen molar-refractivity contribution in [3.8, 4) is 0 Å². The van der Waals surface area contributed by atoms with Crippen LogP contribution in [0.4, 0.5) is 0 Å². The number of nitrogens with zero attached hydrogens (tertiary/aromatic N) is 1. The van der Waals surface area contributed by atoms with Crippen LogP contribution in [0.25, 0.3) is 0 Å². The maximum atomic E-state index is 6.51. The fourth-order valence-electron chi connectivity index (χ4n) is 3.55. The van der Waals surface area contributed by atoms with E-state index in [1.165, 1.54) is 31.4 Å². The minimum Gasteiger partial charge on any atom is -0.321 e. The number of piperidine rings is 1. The summed E-state index contributed by atoms with van der Waals surface area (Å²) in [6, 6.07) is 11.3. The predicted molar refractivity (Wildman–Crippen MR) is 70.7 cm³/mol. The lowest BCUT2D eigenvalue weighted by molar-refractivity contribution is 0.172. The SMILES string of the molecule is CC(N)(CN1CC2CCC1C2)c1ccccc1. The zero-order valence-corrected chi connectivity index (χ0v) is 10.6. The molecule has 0 radical (unpaired) electrons. The lowest BCUT2D eigenvalue weighted by atomic mass is 9.92. The second kappa shape index (κ2) is 4.11. The van der Waals surface area contributed by atoms with Crippen molar-refractivity contribution in [1.29, 1.82) is 0 Å². The molecule has 3 rings (SSSR count). The van der Waals surface area contributed by atoms with E-state index in [1.807, 2.05) is 0 Å². The number of nitrogens with two attached hydrogens (primary N) is 1. The summed E-state index contributed by atoms with van der Waals surface area (Å²) in [5.74, 6) is 0.951. The largest absolute Gasteiger partial charge is 0.321 e. The monoisotopic (exact) mass is 230 g/mol. The molecule has 3 unspecified atom stereocenters. The van der Waals surface area contributed by atoms with Crippen LogP contribution in [0.3, 0.4) is 0 Å². The summed E-state index contributed by atoms with van der Waals surface area (Å²) in [5, 5.41) is 0. The highest BCUT2D eigenvalue weighted by Gasteiger charge is 2.40. The maximum absolute atomic E-state index is 6.51. The molecule has 1 aromatic carbocycles. The van der Waals surface area contributed by atoms with Crippen molar-refractivity contribution in [2.24, 2.45) is 11.7 Å². The van der Waals surface area contributed by atoms with Gasteiger partial charge < -0.3 is 5.73 Å². The molecule has 0 aromatic heterocycles. The Balaban J connectivity index is 1.72. The van der Waals surface area contributed by atoms with E-state index in [2.05, 4.69) is 42.2 Å². The van der Waals surface area contributed by atoms with Crippen LogP contribution in [0, 0.1) is 5.92 Å². The highest BCUT2D eigenvalue weighted by molar-refractivity contribution is 5.23. The molecule has 2 bridgehead atoms. The van der Waals surface area contributed by atoms with E-state index in [-0.39, 0.29) is 5.54 Å². The van der Waals surface area contributed by atoms with Crippen LogP contribution in [-0.2, 0) is 5.54 Å². The highest BCUT2D eigenvalue weighted by Crippen LogP contribution is 2.38. The van der Waals surface area contributed by atoms with Gasteiger partial charge in [0.05, 0.1) is 5.54 Å². The zero-order valence-electron chi connectivity index (χ0n) is 10.6. The van der Waals surface area contributed by atoms with Crippen molar-refractivity contribution in [2.75, 3.05) is 13.1 Å². The third kappa shape index (κ3) is 2.12. The third-order valence-electron chi connectivity index (χ3n) is 4.49. The normalized spacial score (nSPS) is 31.6. The van der Waals surface area contributed by atoms with Gasteiger partial charge in [-0.15, -0.1) is 0 Å². The van der Waals surface area contributed by atoms with Gasteiger partial charge in [0.1, 0.15) is 0 Å². The van der Waals surface area contributed by atoms with Crippen molar-refractivity contribution in [3.63, 3.8) is 0 Å². The Hall–Kier alpha value is -0.860. The Bertz CT molecular complexity index is 385. The number of rotatable bonds is 3. The molecule has 2 aliphatic rings. The van der Waals surface area contributed by atoms with Crippen LogP contribution in [0.15, 0.2) is 30.3 Å². The second-order valence-electron chi connectivity index (χ2n) is 6.05. The van der Waals surface area contributed by atoms with Crippen LogP contribution >= 0.6 is 0 Å². The highest BCUT2D eigenvalue weighted by atomic mass is 15.2. The van der Waals surface area contributed by atoms with E-state index in [0.29, 0.717) is 0 Å². The molecule has 1 heterocycles. The standard InChI is InChI=1S/C15H22N2/c1-15(16,13-5-3-2-4-6-13)11-17-10-12-7-8-14(17)9-12/h2-6,12,14H,7-11,16H2,1H3. The third-order valence-corrected chi connectivity index (χ3v) is 4.49. The Kier molecular flexibility index (Phi) is 2.72. The average Bonchev–Trinajstić information content (AvgIpc) is 2.91. The average molecular weight is 230 g/mol. The summed E-state index contributed by atoms with van der Waals surface area (Å²) in [6.45, 7) is 4.43. The molecule has 2 heteroatoms. The van der Waals surface area contributed by atoms with Gasteiger partial charge in [-0.2, -0.15) is 0 Å². The molecule has 1 aliphatic carbocycles. The molecule has 2 nitrogen and oxygen atoms in total. The van der Waals surface area contributed by atoms with Crippen LogP contribution in [0.5, 0.6) is 0 Å². The van der Waals surface area contributed by atoms with Crippen molar-refractivity contribution in [2.45, 2.75) is 37.8 Å². The number of hydrogen-bond acceptors (Lipinski definition) is 2. The number of hydrogen-bond donors (Lipinski definition) is 1. The van der Waals surface area contributed by atoms with Gasteiger partial charge >= 0.3 is 0 Å². The minimum atomic E-state index is -0.217. The molecule has 92 valence electrons. The fourth-order valence-corrected chi connectivity index (χ4v) is 3.55. The molecular formula is C15H22N2. The molecule has 17 heavy (non-hydrogen) atoms. The number of benzene rings is 1. The molecule has 1 saturated heterocycles. The van der Waals surface area contributed by atoms with E-state index in [4.69, 9.17) is 5.73 Å². The van der Waals surface area contributed by atoms with E-state index in [1.54, 1.807) is 0 Å². The van der Waals surface area contributed by atoms with Crippen molar-refractivity contribution >= 4 is 0 Å². The van der Waals surface area contributed by atoms with Gasteiger partial charge in [-0.3, -0.25) is 4.90 Å². The molecule has 2 fully saturated rings. The Morgan fingerprint density at radius 1 is 1.29 bits per heavy atom. The van der Waals surface area contributed by atoms with Crippen LogP contribution in [0.2, 0.25) is 0 Å². The number of fused-ring (bicyclic) bond motifs is 2. The van der Waals surface area contributed by atoms with Crippen molar-refractivity contribution in [3.05, 3.63) is 35.9 Å².